The molecule has 0 unspecified atom stereocenters. The number of hydrogen-bond acceptors (Lipinski definition) is 7. The predicted octanol–water partition coefficient (Wildman–Crippen LogP) is -0.455. The Balaban J connectivity index is 0.000000175. The molecular weight excluding hydrogens is 314 g/mol. The van der Waals surface area contributed by atoms with Gasteiger partial charge in [0.1, 0.15) is 0 Å². The SMILES string of the molecule is Nc1cccc2c1B(O)OC2.O=[N+]([O-])c1cccc2c1B(O)OC2.[HH]. The third-order valence-electron chi connectivity index (χ3n) is 3.89. The van der Waals surface area contributed by atoms with Gasteiger partial charge in [0.05, 0.1) is 23.6 Å². The van der Waals surface area contributed by atoms with Crippen LogP contribution >= 0.6 is 0 Å². The summed E-state index contributed by atoms with van der Waals surface area (Å²) in [5, 5.41) is 29.1. The Kier molecular flexibility index (Phi) is 4.54. The Hall–Kier alpha value is -2.39. The van der Waals surface area contributed by atoms with Gasteiger partial charge >= 0.3 is 14.2 Å². The molecule has 0 aliphatic carbocycles. The first-order chi connectivity index (χ1) is 11.5. The lowest BCUT2D eigenvalue weighted by molar-refractivity contribution is -0.383. The van der Waals surface area contributed by atoms with E-state index in [0.29, 0.717) is 17.9 Å². The number of fused-ring (bicyclic) bond motifs is 2. The van der Waals surface area contributed by atoms with E-state index < -0.39 is 19.2 Å². The molecule has 0 bridgehead atoms. The third-order valence-corrected chi connectivity index (χ3v) is 3.89. The highest BCUT2D eigenvalue weighted by molar-refractivity contribution is 6.63. The molecule has 124 valence electrons. The molecule has 2 aliphatic rings. The molecule has 8 nitrogen and oxygen atoms in total. The summed E-state index contributed by atoms with van der Waals surface area (Å²) in [6, 6.07) is 10.2. The van der Waals surface area contributed by atoms with Crippen LogP contribution in [0.5, 0.6) is 0 Å². The molecule has 4 rings (SSSR count). The van der Waals surface area contributed by atoms with Crippen LogP contribution in [-0.4, -0.2) is 29.2 Å². The van der Waals surface area contributed by atoms with Gasteiger partial charge in [0, 0.05) is 18.6 Å². The molecule has 0 amide bonds. The Bertz CT molecular complexity index is 794. The maximum Gasteiger partial charge on any atom is 0.498 e. The van der Waals surface area contributed by atoms with Gasteiger partial charge in [-0.25, -0.2) is 0 Å². The Labute approximate surface area is 139 Å². The fourth-order valence-electron chi connectivity index (χ4n) is 2.73. The summed E-state index contributed by atoms with van der Waals surface area (Å²) in [5.41, 5.74) is 8.83. The van der Waals surface area contributed by atoms with Crippen molar-refractivity contribution in [2.45, 2.75) is 13.2 Å². The van der Waals surface area contributed by atoms with E-state index in [2.05, 4.69) is 0 Å². The second-order valence-corrected chi connectivity index (χ2v) is 5.35. The maximum atomic E-state index is 10.5. The Morgan fingerprint density at radius 2 is 1.58 bits per heavy atom. The Morgan fingerprint density at radius 1 is 1.04 bits per heavy atom. The lowest BCUT2D eigenvalue weighted by Gasteiger charge is -2.00. The highest BCUT2D eigenvalue weighted by Crippen LogP contribution is 2.17. The molecule has 2 aromatic carbocycles. The highest BCUT2D eigenvalue weighted by Gasteiger charge is 2.34. The quantitative estimate of drug-likeness (QED) is 0.279. The molecule has 0 saturated heterocycles. The van der Waals surface area contributed by atoms with E-state index >= 15 is 0 Å². The molecule has 0 saturated carbocycles. The standard InChI is InChI=1S/C7H6BNO4.C7H8BNO2.H2/c10-8-7-5(4-13-8)2-1-3-6(7)9(11)12;9-6-3-1-2-5-4-11-8(10)7(5)6;/h1-3,10H,4H2;1-3,10H,4,9H2;1H. The smallest absolute Gasteiger partial charge is 0.423 e. The highest BCUT2D eigenvalue weighted by atomic mass is 16.6. The summed E-state index contributed by atoms with van der Waals surface area (Å²) in [7, 11) is -1.98. The van der Waals surface area contributed by atoms with Crippen LogP contribution in [0.3, 0.4) is 0 Å². The van der Waals surface area contributed by atoms with Crippen molar-refractivity contribution in [3.8, 4) is 0 Å². The molecule has 2 aliphatic heterocycles. The average Bonchev–Trinajstić information content (AvgIpc) is 3.13. The number of nitrogens with zero attached hydrogens (tertiary/aromatic N) is 1. The molecule has 0 radical (unpaired) electrons. The van der Waals surface area contributed by atoms with E-state index in [1.165, 1.54) is 6.07 Å². The molecule has 24 heavy (non-hydrogen) atoms. The van der Waals surface area contributed by atoms with Crippen LogP contribution in [0.25, 0.3) is 0 Å². The van der Waals surface area contributed by atoms with Crippen molar-refractivity contribution >= 4 is 36.5 Å². The molecule has 0 spiro atoms. The topological polar surface area (TPSA) is 128 Å². The van der Waals surface area contributed by atoms with Gasteiger partial charge in [0.2, 0.25) is 0 Å². The number of nitrogens with two attached hydrogens (primary N) is 1. The van der Waals surface area contributed by atoms with E-state index in [1.54, 1.807) is 18.2 Å². The molecule has 0 fully saturated rings. The van der Waals surface area contributed by atoms with Crippen molar-refractivity contribution in [3.63, 3.8) is 0 Å². The van der Waals surface area contributed by atoms with E-state index in [-0.39, 0.29) is 19.2 Å². The molecule has 4 N–H and O–H groups in total. The van der Waals surface area contributed by atoms with Crippen molar-refractivity contribution in [2.75, 3.05) is 5.73 Å². The van der Waals surface area contributed by atoms with E-state index in [1.807, 2.05) is 12.1 Å². The second kappa shape index (κ2) is 6.62. The number of nitro groups is 1. The average molecular weight is 330 g/mol. The first kappa shape index (κ1) is 16.5. The lowest BCUT2D eigenvalue weighted by atomic mass is 9.78. The lowest BCUT2D eigenvalue weighted by Crippen LogP contribution is -2.30. The number of benzene rings is 2. The van der Waals surface area contributed by atoms with Crippen molar-refractivity contribution in [1.82, 2.24) is 0 Å². The van der Waals surface area contributed by atoms with Gasteiger partial charge in [0.25, 0.3) is 5.69 Å². The first-order valence-electron chi connectivity index (χ1n) is 7.22. The number of nitrogen functional groups attached to an aromatic ring is 1. The minimum absolute atomic E-state index is 0. The normalized spacial score (nSPS) is 14.8. The van der Waals surface area contributed by atoms with Gasteiger partial charge in [-0.3, -0.25) is 10.1 Å². The fraction of sp³-hybridized carbons (Fsp3) is 0.143. The molecule has 0 atom stereocenters. The zero-order valence-electron chi connectivity index (χ0n) is 12.6. The number of nitro benzene ring substituents is 1. The molecule has 2 aromatic rings. The molecular formula is C14H16B2N2O6. The molecule has 0 aromatic heterocycles. The molecule has 10 heteroatoms. The molecule has 2 heterocycles. The third kappa shape index (κ3) is 3.00. The number of hydrogen-bond donors (Lipinski definition) is 3. The zero-order valence-corrected chi connectivity index (χ0v) is 12.6. The minimum Gasteiger partial charge on any atom is -0.423 e. The number of rotatable bonds is 1. The summed E-state index contributed by atoms with van der Waals surface area (Å²) < 4.78 is 9.84. The van der Waals surface area contributed by atoms with Crippen molar-refractivity contribution in [1.29, 1.82) is 0 Å². The van der Waals surface area contributed by atoms with E-state index in [9.17, 15) is 20.2 Å². The minimum atomic E-state index is -1.16. The van der Waals surface area contributed by atoms with Gasteiger partial charge in [-0.1, -0.05) is 24.3 Å². The van der Waals surface area contributed by atoms with Crippen LogP contribution in [-0.2, 0) is 22.5 Å². The van der Waals surface area contributed by atoms with Crippen LogP contribution in [0.1, 0.15) is 12.6 Å². The fourth-order valence-corrected chi connectivity index (χ4v) is 2.73. The van der Waals surface area contributed by atoms with Gasteiger partial charge in [-0.2, -0.15) is 0 Å². The van der Waals surface area contributed by atoms with Crippen LogP contribution in [0, 0.1) is 10.1 Å². The predicted molar refractivity (Wildman–Crippen MR) is 90.9 cm³/mol. The van der Waals surface area contributed by atoms with Crippen LogP contribution in [0.4, 0.5) is 11.4 Å². The first-order valence-corrected chi connectivity index (χ1v) is 7.22. The zero-order chi connectivity index (χ0) is 17.3. The van der Waals surface area contributed by atoms with Crippen LogP contribution in [0.2, 0.25) is 0 Å². The van der Waals surface area contributed by atoms with Crippen LogP contribution in [0.15, 0.2) is 36.4 Å². The number of anilines is 1. The largest absolute Gasteiger partial charge is 0.498 e. The van der Waals surface area contributed by atoms with Crippen molar-refractivity contribution < 1.29 is 25.7 Å². The summed E-state index contributed by atoms with van der Waals surface area (Å²) in [6.07, 6.45) is 0. The van der Waals surface area contributed by atoms with Gasteiger partial charge in [-0.15, -0.1) is 0 Å². The Morgan fingerprint density at radius 3 is 2.17 bits per heavy atom. The summed E-state index contributed by atoms with van der Waals surface area (Å²) in [5.74, 6) is 0. The maximum absolute atomic E-state index is 10.5. The van der Waals surface area contributed by atoms with Crippen molar-refractivity contribution in [2.24, 2.45) is 0 Å². The summed E-state index contributed by atoms with van der Waals surface area (Å²) in [4.78, 5) is 10.0. The summed E-state index contributed by atoms with van der Waals surface area (Å²) >= 11 is 0. The van der Waals surface area contributed by atoms with Crippen LogP contribution < -0.4 is 16.7 Å². The van der Waals surface area contributed by atoms with E-state index in [4.69, 9.17) is 15.0 Å². The monoisotopic (exact) mass is 330 g/mol. The van der Waals surface area contributed by atoms with Gasteiger partial charge in [-0.05, 0) is 17.2 Å². The van der Waals surface area contributed by atoms with Crippen molar-refractivity contribution in [3.05, 3.63) is 57.6 Å². The second-order valence-electron chi connectivity index (χ2n) is 5.35. The summed E-state index contributed by atoms with van der Waals surface area (Å²) in [6.45, 7) is 0.694. The van der Waals surface area contributed by atoms with E-state index in [0.717, 1.165) is 11.0 Å². The van der Waals surface area contributed by atoms with Gasteiger partial charge < -0.3 is 25.1 Å². The van der Waals surface area contributed by atoms with Gasteiger partial charge in [0.15, 0.2) is 0 Å².